The third kappa shape index (κ3) is 1.89. The van der Waals surface area contributed by atoms with Crippen molar-refractivity contribution in [3.63, 3.8) is 0 Å². The van der Waals surface area contributed by atoms with E-state index in [4.69, 9.17) is 0 Å². The number of fused-ring (bicyclic) bond motifs is 2. The maximum Gasteiger partial charge on any atom is 2.00 e. The van der Waals surface area contributed by atoms with E-state index in [1.807, 2.05) is 0 Å². The molecule has 2 heteroatoms. The van der Waals surface area contributed by atoms with Gasteiger partial charge in [-0.05, 0) is 0 Å². The first-order valence-electron chi connectivity index (χ1n) is 2.98. The van der Waals surface area contributed by atoms with Gasteiger partial charge >= 0.3 is 23.1 Å². The van der Waals surface area contributed by atoms with Gasteiger partial charge in [0.1, 0.15) is 0 Å². The molecule has 2 rings (SSSR count). The van der Waals surface area contributed by atoms with Crippen molar-refractivity contribution in [1.82, 2.24) is 0 Å². The van der Waals surface area contributed by atoms with E-state index in [9.17, 15) is 0 Å². The van der Waals surface area contributed by atoms with Gasteiger partial charge in [0.2, 0.25) is 0 Å². The summed E-state index contributed by atoms with van der Waals surface area (Å²) in [5.41, 5.74) is 0. The molecule has 0 aromatic rings. The molecule has 0 N–H and O–H groups in total. The van der Waals surface area contributed by atoms with Crippen LogP contribution in [0.3, 0.4) is 0 Å². The van der Waals surface area contributed by atoms with Crippen LogP contribution in [0.1, 0.15) is 19.3 Å². The fourth-order valence-corrected chi connectivity index (χ4v) is 1.50. The summed E-state index contributed by atoms with van der Waals surface area (Å²) in [6.45, 7) is 0. The first-order chi connectivity index (χ1) is 3.45. The van der Waals surface area contributed by atoms with Gasteiger partial charge in [0.25, 0.3) is 0 Å². The summed E-state index contributed by atoms with van der Waals surface area (Å²) in [5.74, 6) is 2.64. The summed E-state index contributed by atoms with van der Waals surface area (Å²) in [7, 11) is 0. The van der Waals surface area contributed by atoms with Crippen LogP contribution in [0.4, 0.5) is 0 Å². The predicted molar refractivity (Wildman–Crippen MR) is 35.5 cm³/mol. The Morgan fingerprint density at radius 2 is 2.22 bits per heavy atom. The summed E-state index contributed by atoms with van der Waals surface area (Å²) in [6, 6.07) is 0. The zero-order chi connectivity index (χ0) is 4.69. The molecular formula is C7H9BrMg. The molecule has 0 aromatic carbocycles. The maximum absolute atomic E-state index is 2.35. The Balaban J connectivity index is 0.000000320. The summed E-state index contributed by atoms with van der Waals surface area (Å²) in [4.78, 5) is 0. The molecule has 0 spiro atoms. The van der Waals surface area contributed by atoms with Gasteiger partial charge in [-0.3, -0.25) is 0 Å². The fourth-order valence-electron chi connectivity index (χ4n) is 1.50. The van der Waals surface area contributed by atoms with Crippen molar-refractivity contribution in [2.45, 2.75) is 19.3 Å². The van der Waals surface area contributed by atoms with Gasteiger partial charge in [0, 0.05) is 0 Å². The molecule has 1 saturated carbocycles. The number of hydrogen-bond donors (Lipinski definition) is 0. The molecule has 0 nitrogen and oxygen atoms in total. The summed E-state index contributed by atoms with van der Waals surface area (Å²) in [5, 5.41) is 0. The quantitative estimate of drug-likeness (QED) is 0.329. The van der Waals surface area contributed by atoms with Gasteiger partial charge in [-0.2, -0.15) is 0 Å². The second-order valence-corrected chi connectivity index (χ2v) is 2.52. The Morgan fingerprint density at radius 3 is 2.33 bits per heavy atom. The van der Waals surface area contributed by atoms with Crippen molar-refractivity contribution in [2.75, 3.05) is 0 Å². The molecule has 9 heavy (non-hydrogen) atoms. The Kier molecular flexibility index (Phi) is 4.26. The summed E-state index contributed by atoms with van der Waals surface area (Å²) in [6.07, 6.45) is 8.86. The molecule has 0 radical (unpaired) electrons. The number of hydrogen-bond acceptors (Lipinski definition) is 0. The zero-order valence-electron chi connectivity index (χ0n) is 5.44. The molecule has 0 heterocycles. The Hall–Kier alpha value is 0.856. The van der Waals surface area contributed by atoms with Crippen LogP contribution in [0.2, 0.25) is 0 Å². The Bertz CT molecular complexity index is 99.5. The normalized spacial score (nSPS) is 27.6. The summed E-state index contributed by atoms with van der Waals surface area (Å²) < 4.78 is 0. The van der Waals surface area contributed by atoms with Crippen LogP contribution in [-0.4, -0.2) is 23.1 Å². The molecule has 2 aliphatic carbocycles. The number of allylic oxidation sites excluding steroid dienone is 2. The van der Waals surface area contributed by atoms with E-state index in [2.05, 4.69) is 12.2 Å². The van der Waals surface area contributed by atoms with E-state index in [0.29, 0.717) is 0 Å². The molecule has 1 atom stereocenters. The van der Waals surface area contributed by atoms with Gasteiger partial charge in [-0.1, -0.05) is 12.8 Å². The van der Waals surface area contributed by atoms with Crippen LogP contribution in [0, 0.1) is 11.8 Å². The molecule has 1 fully saturated rings. The van der Waals surface area contributed by atoms with Crippen LogP contribution in [0.15, 0.2) is 12.2 Å². The predicted octanol–water partition coefficient (Wildman–Crippen LogP) is -1.45. The van der Waals surface area contributed by atoms with E-state index in [1.54, 1.807) is 5.92 Å². The van der Waals surface area contributed by atoms with Crippen LogP contribution in [0.5, 0.6) is 0 Å². The van der Waals surface area contributed by atoms with Crippen molar-refractivity contribution >= 4 is 23.1 Å². The summed E-state index contributed by atoms with van der Waals surface area (Å²) >= 11 is 0. The van der Waals surface area contributed by atoms with Gasteiger partial charge < -0.3 is 17.0 Å². The minimum atomic E-state index is 0. The van der Waals surface area contributed by atoms with Crippen molar-refractivity contribution in [3.8, 4) is 0 Å². The molecular weight excluding hydrogens is 188 g/mol. The standard InChI is InChI=1S/C7H9.BrH.Mg/c1-2-7-4-3-6(1)5-7;;/h1-2,6H,3-5H2;1H;/q-1;;+2/p-1. The van der Waals surface area contributed by atoms with E-state index in [1.165, 1.54) is 19.3 Å². The van der Waals surface area contributed by atoms with E-state index < -0.39 is 0 Å². The number of rotatable bonds is 0. The van der Waals surface area contributed by atoms with Crippen LogP contribution >= 0.6 is 0 Å². The largest absolute Gasteiger partial charge is 2.00 e. The van der Waals surface area contributed by atoms with E-state index in [0.717, 1.165) is 5.92 Å². The van der Waals surface area contributed by atoms with E-state index in [-0.39, 0.29) is 40.0 Å². The van der Waals surface area contributed by atoms with Crippen molar-refractivity contribution in [3.05, 3.63) is 18.1 Å². The SMILES string of the molecule is C1=CC2CC[C-]1C2.[Br-].[Mg+2]. The molecule has 0 aliphatic heterocycles. The van der Waals surface area contributed by atoms with Gasteiger partial charge in [-0.25, -0.2) is 18.1 Å². The van der Waals surface area contributed by atoms with Crippen molar-refractivity contribution < 1.29 is 17.0 Å². The molecule has 0 saturated heterocycles. The zero-order valence-corrected chi connectivity index (χ0v) is 8.44. The minimum absolute atomic E-state index is 0. The third-order valence-electron chi connectivity index (χ3n) is 1.96. The maximum atomic E-state index is 2.35. The molecule has 0 amide bonds. The van der Waals surface area contributed by atoms with Crippen LogP contribution < -0.4 is 17.0 Å². The van der Waals surface area contributed by atoms with Gasteiger partial charge in [0.15, 0.2) is 0 Å². The van der Waals surface area contributed by atoms with E-state index >= 15 is 0 Å². The van der Waals surface area contributed by atoms with Gasteiger partial charge in [0.05, 0.1) is 0 Å². The van der Waals surface area contributed by atoms with Crippen LogP contribution in [-0.2, 0) is 0 Å². The second kappa shape index (κ2) is 3.89. The second-order valence-electron chi connectivity index (χ2n) is 2.52. The van der Waals surface area contributed by atoms with Gasteiger partial charge in [-0.15, -0.1) is 12.3 Å². The third-order valence-corrected chi connectivity index (χ3v) is 1.96. The smallest absolute Gasteiger partial charge is 1.00 e. The Labute approximate surface area is 83.0 Å². The number of halogens is 1. The van der Waals surface area contributed by atoms with Crippen molar-refractivity contribution in [2.24, 2.45) is 5.92 Å². The Morgan fingerprint density at radius 1 is 1.44 bits per heavy atom. The monoisotopic (exact) mass is 196 g/mol. The topological polar surface area (TPSA) is 0 Å². The first kappa shape index (κ1) is 9.86. The molecule has 46 valence electrons. The minimum Gasteiger partial charge on any atom is -1.00 e. The molecule has 0 aromatic heterocycles. The molecule has 1 unspecified atom stereocenters. The molecule has 2 aliphatic rings. The fraction of sp³-hybridized carbons (Fsp3) is 0.571. The first-order valence-corrected chi connectivity index (χ1v) is 2.98. The molecule has 2 bridgehead atoms. The van der Waals surface area contributed by atoms with Crippen LogP contribution in [0.25, 0.3) is 0 Å². The average Bonchev–Trinajstić information content (AvgIpc) is 2.22. The average molecular weight is 197 g/mol. The van der Waals surface area contributed by atoms with Crippen molar-refractivity contribution in [1.29, 1.82) is 0 Å².